The first-order valence-electron chi connectivity index (χ1n) is 4.20. The molecule has 0 fully saturated rings. The van der Waals surface area contributed by atoms with E-state index in [2.05, 4.69) is 12.2 Å². The van der Waals surface area contributed by atoms with E-state index in [-0.39, 0.29) is 6.04 Å². The second-order valence-electron chi connectivity index (χ2n) is 2.99. The molecule has 3 heteroatoms. The maximum absolute atomic E-state index is 5.47. The van der Waals surface area contributed by atoms with Crippen LogP contribution in [0.25, 0.3) is 0 Å². The molecule has 1 heterocycles. The Morgan fingerprint density at radius 1 is 1.62 bits per heavy atom. The van der Waals surface area contributed by atoms with Gasteiger partial charge >= 0.3 is 0 Å². The Morgan fingerprint density at radius 3 is 3.23 bits per heavy atom. The van der Waals surface area contributed by atoms with Gasteiger partial charge in [0, 0.05) is 0 Å². The van der Waals surface area contributed by atoms with Crippen molar-refractivity contribution in [2.75, 3.05) is 19.0 Å². The first-order valence-corrected chi connectivity index (χ1v) is 4.20. The quantitative estimate of drug-likeness (QED) is 0.710. The topological polar surface area (TPSA) is 30.5 Å². The summed E-state index contributed by atoms with van der Waals surface area (Å²) >= 11 is 0. The van der Waals surface area contributed by atoms with Crippen molar-refractivity contribution in [2.45, 2.75) is 6.04 Å². The number of para-hydroxylation sites is 1. The number of hydrogen-bond acceptors (Lipinski definition) is 3. The lowest BCUT2D eigenvalue weighted by molar-refractivity contribution is 0.297. The summed E-state index contributed by atoms with van der Waals surface area (Å²) < 4.78 is 10.7. The fourth-order valence-electron chi connectivity index (χ4n) is 1.38. The van der Waals surface area contributed by atoms with Crippen molar-refractivity contribution in [3.63, 3.8) is 0 Å². The molecule has 1 atom stereocenters. The van der Waals surface area contributed by atoms with Crippen LogP contribution in [0.3, 0.4) is 0 Å². The van der Waals surface area contributed by atoms with E-state index in [4.69, 9.17) is 9.47 Å². The average Bonchev–Trinajstić information content (AvgIpc) is 2.17. The van der Waals surface area contributed by atoms with Gasteiger partial charge in [-0.1, -0.05) is 6.07 Å². The van der Waals surface area contributed by atoms with Gasteiger partial charge in [-0.05, 0) is 19.1 Å². The first kappa shape index (κ1) is 8.23. The maximum atomic E-state index is 5.47. The molecule has 13 heavy (non-hydrogen) atoms. The van der Waals surface area contributed by atoms with E-state index in [9.17, 15) is 0 Å². The van der Waals surface area contributed by atoms with E-state index in [0.717, 1.165) is 17.2 Å². The monoisotopic (exact) mass is 178 g/mol. The third-order valence-electron chi connectivity index (χ3n) is 2.00. The first-order chi connectivity index (χ1) is 6.31. The van der Waals surface area contributed by atoms with Gasteiger partial charge in [-0.2, -0.15) is 0 Å². The molecule has 2 rings (SSSR count). The number of anilines is 1. The summed E-state index contributed by atoms with van der Waals surface area (Å²) in [6.45, 7) is 4.48. The van der Waals surface area contributed by atoms with Crippen LogP contribution >= 0.6 is 0 Å². The molecule has 1 aliphatic rings. The molecule has 3 nitrogen and oxygen atoms in total. The molecule has 1 N–H and O–H groups in total. The molecule has 1 aromatic carbocycles. The smallest absolute Gasteiger partial charge is 0.146 e. The Hall–Kier alpha value is -1.38. The molecule has 1 unspecified atom stereocenters. The van der Waals surface area contributed by atoms with Crippen molar-refractivity contribution in [2.24, 2.45) is 0 Å². The third kappa shape index (κ3) is 1.41. The van der Waals surface area contributed by atoms with Crippen LogP contribution in [0.1, 0.15) is 0 Å². The number of rotatable bonds is 1. The summed E-state index contributed by atoms with van der Waals surface area (Å²) in [6, 6.07) is 5.80. The van der Waals surface area contributed by atoms with Crippen LogP contribution in [0.2, 0.25) is 0 Å². The summed E-state index contributed by atoms with van der Waals surface area (Å²) in [7, 11) is 1.64. The number of hydrogen-bond donors (Lipinski definition) is 1. The van der Waals surface area contributed by atoms with Gasteiger partial charge in [0.25, 0.3) is 0 Å². The summed E-state index contributed by atoms with van der Waals surface area (Å²) in [5, 5.41) is 3.22. The second kappa shape index (κ2) is 3.17. The van der Waals surface area contributed by atoms with Crippen LogP contribution in [-0.4, -0.2) is 19.8 Å². The Bertz CT molecular complexity index is 298. The van der Waals surface area contributed by atoms with Gasteiger partial charge in [0.2, 0.25) is 0 Å². The van der Waals surface area contributed by atoms with E-state index in [1.807, 2.05) is 18.2 Å². The van der Waals surface area contributed by atoms with Crippen LogP contribution in [0.15, 0.2) is 18.2 Å². The number of methoxy groups -OCH3 is 1. The fraction of sp³-hybridized carbons (Fsp3) is 0.300. The molecule has 69 valence electrons. The van der Waals surface area contributed by atoms with E-state index >= 15 is 0 Å². The molecule has 1 radical (unpaired) electrons. The van der Waals surface area contributed by atoms with E-state index in [1.54, 1.807) is 7.11 Å². The molecule has 0 saturated carbocycles. The molecule has 0 amide bonds. The highest BCUT2D eigenvalue weighted by Crippen LogP contribution is 2.36. The molecule has 0 aliphatic carbocycles. The highest BCUT2D eigenvalue weighted by Gasteiger charge is 2.18. The van der Waals surface area contributed by atoms with E-state index in [1.165, 1.54) is 0 Å². The van der Waals surface area contributed by atoms with Crippen molar-refractivity contribution >= 4 is 5.69 Å². The lowest BCUT2D eigenvalue weighted by Gasteiger charge is -2.25. The minimum Gasteiger partial charge on any atom is -0.494 e. The molecule has 1 aliphatic heterocycles. The Labute approximate surface area is 77.7 Å². The summed E-state index contributed by atoms with van der Waals surface area (Å²) in [4.78, 5) is 0. The summed E-state index contributed by atoms with van der Waals surface area (Å²) in [5.74, 6) is 1.63. The molecular formula is C10H12NO2. The SMILES string of the molecule is [CH2]C1COc2cccc(OC)c2N1. The van der Waals surface area contributed by atoms with E-state index < -0.39 is 0 Å². The molecule has 1 aromatic rings. The number of ether oxygens (including phenoxy) is 2. The lowest BCUT2D eigenvalue weighted by Crippen LogP contribution is -2.28. The highest BCUT2D eigenvalue weighted by atomic mass is 16.5. The number of fused-ring (bicyclic) bond motifs is 1. The van der Waals surface area contributed by atoms with Crippen LogP contribution in [0, 0.1) is 6.92 Å². The normalized spacial score (nSPS) is 19.7. The van der Waals surface area contributed by atoms with E-state index in [0.29, 0.717) is 6.61 Å². The van der Waals surface area contributed by atoms with Crippen LogP contribution in [0.5, 0.6) is 11.5 Å². The van der Waals surface area contributed by atoms with Crippen LogP contribution in [-0.2, 0) is 0 Å². The van der Waals surface area contributed by atoms with Crippen LogP contribution < -0.4 is 14.8 Å². The van der Waals surface area contributed by atoms with Gasteiger partial charge in [-0.25, -0.2) is 0 Å². The zero-order chi connectivity index (χ0) is 9.26. The minimum absolute atomic E-state index is 0.0869. The van der Waals surface area contributed by atoms with Gasteiger partial charge in [0.05, 0.1) is 13.2 Å². The van der Waals surface area contributed by atoms with Crippen molar-refractivity contribution in [1.82, 2.24) is 0 Å². The van der Waals surface area contributed by atoms with Gasteiger partial charge in [0.1, 0.15) is 23.8 Å². The average molecular weight is 178 g/mol. The highest BCUT2D eigenvalue weighted by molar-refractivity contribution is 5.67. The second-order valence-corrected chi connectivity index (χ2v) is 2.99. The predicted molar refractivity (Wildman–Crippen MR) is 51.3 cm³/mol. The van der Waals surface area contributed by atoms with Crippen molar-refractivity contribution in [1.29, 1.82) is 0 Å². The van der Waals surface area contributed by atoms with Crippen LogP contribution in [0.4, 0.5) is 5.69 Å². The van der Waals surface area contributed by atoms with Crippen molar-refractivity contribution in [3.05, 3.63) is 25.1 Å². The fourth-order valence-corrected chi connectivity index (χ4v) is 1.38. The summed E-state index contributed by atoms with van der Waals surface area (Å²) in [6.07, 6.45) is 0. The Kier molecular flexibility index (Phi) is 2.00. The van der Waals surface area contributed by atoms with Gasteiger partial charge in [-0.3, -0.25) is 0 Å². The number of benzene rings is 1. The minimum atomic E-state index is 0.0869. The summed E-state index contributed by atoms with van der Waals surface area (Å²) in [5.41, 5.74) is 0.899. The van der Waals surface area contributed by atoms with Gasteiger partial charge < -0.3 is 14.8 Å². The van der Waals surface area contributed by atoms with Gasteiger partial charge in [0.15, 0.2) is 0 Å². The standard InChI is InChI=1S/C10H12NO2/c1-7-6-13-9-5-3-4-8(12-2)10(9)11-7/h3-5,7,11H,1,6H2,2H3. The zero-order valence-corrected chi connectivity index (χ0v) is 7.54. The molecule has 0 spiro atoms. The predicted octanol–water partition coefficient (Wildman–Crippen LogP) is 1.70. The van der Waals surface area contributed by atoms with Gasteiger partial charge in [-0.15, -0.1) is 0 Å². The molecular weight excluding hydrogens is 166 g/mol. The number of nitrogens with one attached hydrogen (secondary N) is 1. The zero-order valence-electron chi connectivity index (χ0n) is 7.54. The molecule has 0 aromatic heterocycles. The van der Waals surface area contributed by atoms with Crippen molar-refractivity contribution < 1.29 is 9.47 Å². The lowest BCUT2D eigenvalue weighted by atomic mass is 10.2. The Morgan fingerprint density at radius 2 is 2.46 bits per heavy atom. The van der Waals surface area contributed by atoms with Crippen molar-refractivity contribution in [3.8, 4) is 11.5 Å². The molecule has 0 bridgehead atoms. The molecule has 0 saturated heterocycles. The maximum Gasteiger partial charge on any atom is 0.146 e. The largest absolute Gasteiger partial charge is 0.494 e. The third-order valence-corrected chi connectivity index (χ3v) is 2.00. The Balaban J connectivity index is 2.41.